The van der Waals surface area contributed by atoms with Gasteiger partial charge in [0.25, 0.3) is 0 Å². The predicted octanol–water partition coefficient (Wildman–Crippen LogP) is 1.53. The molecule has 1 aromatic carbocycles. The summed E-state index contributed by atoms with van der Waals surface area (Å²) in [7, 11) is 0. The number of aliphatic hydroxyl groups excluding tert-OH is 1. The zero-order valence-corrected chi connectivity index (χ0v) is 11.0. The first-order valence-corrected chi connectivity index (χ1v) is 6.20. The third-order valence-corrected chi connectivity index (χ3v) is 3.30. The van der Waals surface area contributed by atoms with Crippen molar-refractivity contribution < 1.29 is 24.2 Å². The number of nitrogens with one attached hydrogen (secondary N) is 1. The molecule has 1 aromatic rings. The molecule has 3 N–H and O–H groups in total. The van der Waals surface area contributed by atoms with Crippen molar-refractivity contribution in [2.24, 2.45) is 0 Å². The number of β-amino-alcohol motifs (C(OH)–C–C–N with tert-alkyl or cyclic N) is 1. The smallest absolute Gasteiger partial charge is 0.326 e. The number of aliphatic carboxylic acids is 1. The molecule has 0 saturated carbocycles. The molecule has 8 heteroatoms. The fraction of sp³-hybridized carbons (Fsp3) is 0.333. The van der Waals surface area contributed by atoms with Crippen molar-refractivity contribution in [2.75, 3.05) is 11.9 Å². The lowest BCUT2D eigenvalue weighted by atomic mass is 10.2. The van der Waals surface area contributed by atoms with Gasteiger partial charge in [0.05, 0.1) is 11.1 Å². The number of urea groups is 1. The maximum absolute atomic E-state index is 13.2. The Morgan fingerprint density at radius 1 is 1.45 bits per heavy atom. The second kappa shape index (κ2) is 5.64. The van der Waals surface area contributed by atoms with Crippen LogP contribution >= 0.6 is 11.6 Å². The quantitative estimate of drug-likeness (QED) is 0.773. The van der Waals surface area contributed by atoms with Crippen molar-refractivity contribution in [2.45, 2.75) is 18.6 Å². The van der Waals surface area contributed by atoms with Gasteiger partial charge in [-0.25, -0.2) is 14.0 Å². The Labute approximate surface area is 118 Å². The number of amides is 2. The van der Waals surface area contributed by atoms with Crippen molar-refractivity contribution in [3.63, 3.8) is 0 Å². The van der Waals surface area contributed by atoms with E-state index in [2.05, 4.69) is 5.32 Å². The molecule has 2 atom stereocenters. The van der Waals surface area contributed by atoms with Crippen LogP contribution in [0.1, 0.15) is 6.42 Å². The van der Waals surface area contributed by atoms with Crippen LogP contribution in [-0.4, -0.2) is 45.8 Å². The fourth-order valence-electron chi connectivity index (χ4n) is 2.04. The molecule has 0 aliphatic carbocycles. The summed E-state index contributed by atoms with van der Waals surface area (Å²) in [5.41, 5.74) is 0.155. The van der Waals surface area contributed by atoms with Crippen molar-refractivity contribution in [1.82, 2.24) is 4.90 Å². The van der Waals surface area contributed by atoms with E-state index in [4.69, 9.17) is 16.7 Å². The zero-order valence-electron chi connectivity index (χ0n) is 10.2. The van der Waals surface area contributed by atoms with Crippen molar-refractivity contribution >= 4 is 29.3 Å². The van der Waals surface area contributed by atoms with E-state index < -0.39 is 30.0 Å². The molecule has 1 heterocycles. The molecule has 2 rings (SSSR count). The van der Waals surface area contributed by atoms with E-state index in [0.29, 0.717) is 0 Å². The molecule has 0 radical (unpaired) electrons. The van der Waals surface area contributed by atoms with E-state index in [-0.39, 0.29) is 23.7 Å². The van der Waals surface area contributed by atoms with E-state index in [1.807, 2.05) is 0 Å². The normalized spacial score (nSPS) is 21.9. The highest BCUT2D eigenvalue weighted by Crippen LogP contribution is 2.22. The molecule has 0 spiro atoms. The Bertz CT molecular complexity index is 554. The molecule has 1 fully saturated rings. The molecule has 0 aromatic heterocycles. The number of carboxylic acid groups (broad SMARTS) is 1. The number of aliphatic hydroxyl groups is 1. The molecule has 1 aliphatic rings. The van der Waals surface area contributed by atoms with Crippen LogP contribution in [0.4, 0.5) is 14.9 Å². The van der Waals surface area contributed by atoms with Gasteiger partial charge in [0.2, 0.25) is 0 Å². The SMILES string of the molecule is O=C(O)[C@@H]1C[C@H](O)CN1C(=O)Nc1ccc(Cl)c(F)c1. The highest BCUT2D eigenvalue weighted by Gasteiger charge is 2.39. The van der Waals surface area contributed by atoms with Gasteiger partial charge in [-0.15, -0.1) is 0 Å². The van der Waals surface area contributed by atoms with E-state index in [1.54, 1.807) is 0 Å². The minimum atomic E-state index is -1.20. The topological polar surface area (TPSA) is 89.9 Å². The number of carbonyl (C=O) groups excluding carboxylic acids is 1. The molecule has 0 unspecified atom stereocenters. The van der Waals surface area contributed by atoms with Crippen LogP contribution in [0, 0.1) is 5.82 Å². The van der Waals surface area contributed by atoms with Crippen molar-refractivity contribution in [3.05, 3.63) is 29.0 Å². The van der Waals surface area contributed by atoms with Gasteiger partial charge in [0, 0.05) is 18.7 Å². The molecule has 6 nitrogen and oxygen atoms in total. The van der Waals surface area contributed by atoms with Crippen molar-refractivity contribution in [1.29, 1.82) is 0 Å². The lowest BCUT2D eigenvalue weighted by molar-refractivity contribution is -0.141. The number of hydrogen-bond donors (Lipinski definition) is 3. The summed E-state index contributed by atoms with van der Waals surface area (Å²) in [6.45, 7) is -0.0845. The zero-order chi connectivity index (χ0) is 14.9. The highest BCUT2D eigenvalue weighted by molar-refractivity contribution is 6.30. The van der Waals surface area contributed by atoms with Gasteiger partial charge in [-0.3, -0.25) is 0 Å². The summed E-state index contributed by atoms with van der Waals surface area (Å²) in [5, 5.41) is 20.7. The standard InChI is InChI=1S/C12H12ClFN2O4/c13-8-2-1-6(3-9(8)14)15-12(20)16-5-7(17)4-10(16)11(18)19/h1-3,7,10,17H,4-5H2,(H,15,20)(H,18,19)/t7-,10-/m0/s1. The maximum atomic E-state index is 13.2. The fourth-order valence-corrected chi connectivity index (χ4v) is 2.16. The Hall–Kier alpha value is -1.86. The Morgan fingerprint density at radius 2 is 2.15 bits per heavy atom. The monoisotopic (exact) mass is 302 g/mol. The number of carbonyl (C=O) groups is 2. The lowest BCUT2D eigenvalue weighted by Crippen LogP contribution is -2.43. The van der Waals surface area contributed by atoms with Gasteiger partial charge < -0.3 is 20.4 Å². The molecule has 1 aliphatic heterocycles. The van der Waals surface area contributed by atoms with Gasteiger partial charge in [-0.05, 0) is 18.2 Å². The summed E-state index contributed by atoms with van der Waals surface area (Å²) >= 11 is 5.52. The number of hydrogen-bond acceptors (Lipinski definition) is 3. The molecule has 0 bridgehead atoms. The highest BCUT2D eigenvalue weighted by atomic mass is 35.5. The number of halogens is 2. The minimum absolute atomic E-state index is 0.0300. The number of nitrogens with zero attached hydrogens (tertiary/aromatic N) is 1. The van der Waals surface area contributed by atoms with Crippen LogP contribution in [-0.2, 0) is 4.79 Å². The first kappa shape index (κ1) is 14.5. The van der Waals surface area contributed by atoms with Gasteiger partial charge in [-0.2, -0.15) is 0 Å². The summed E-state index contributed by atoms with van der Waals surface area (Å²) in [5.74, 6) is -1.89. The van der Waals surface area contributed by atoms with E-state index in [9.17, 15) is 19.1 Å². The van der Waals surface area contributed by atoms with Gasteiger partial charge in [0.15, 0.2) is 0 Å². The lowest BCUT2D eigenvalue weighted by Gasteiger charge is -2.21. The third kappa shape index (κ3) is 3.00. The molecule has 20 heavy (non-hydrogen) atoms. The average Bonchev–Trinajstić information content (AvgIpc) is 2.76. The Morgan fingerprint density at radius 3 is 2.75 bits per heavy atom. The van der Waals surface area contributed by atoms with Crippen LogP contribution in [0.3, 0.4) is 0 Å². The number of carboxylic acids is 1. The van der Waals surface area contributed by atoms with Crippen LogP contribution in [0.25, 0.3) is 0 Å². The average molecular weight is 303 g/mol. The summed E-state index contributed by atoms with van der Waals surface area (Å²) < 4.78 is 13.2. The van der Waals surface area contributed by atoms with E-state index >= 15 is 0 Å². The summed E-state index contributed by atoms with van der Waals surface area (Å²) in [6.07, 6.45) is -0.915. The van der Waals surface area contributed by atoms with Crippen LogP contribution in [0.2, 0.25) is 5.02 Å². The maximum Gasteiger partial charge on any atom is 0.326 e. The second-order valence-corrected chi connectivity index (χ2v) is 4.86. The third-order valence-electron chi connectivity index (χ3n) is 3.00. The number of benzene rings is 1. The van der Waals surface area contributed by atoms with Crippen LogP contribution < -0.4 is 5.32 Å². The summed E-state index contributed by atoms with van der Waals surface area (Å²) in [6, 6.07) is 1.89. The van der Waals surface area contributed by atoms with Gasteiger partial charge in [-0.1, -0.05) is 11.6 Å². The first-order chi connectivity index (χ1) is 9.38. The van der Waals surface area contributed by atoms with Crippen LogP contribution in [0.5, 0.6) is 0 Å². The van der Waals surface area contributed by atoms with E-state index in [0.717, 1.165) is 11.0 Å². The van der Waals surface area contributed by atoms with Gasteiger partial charge in [0.1, 0.15) is 11.9 Å². The van der Waals surface area contributed by atoms with Gasteiger partial charge >= 0.3 is 12.0 Å². The predicted molar refractivity (Wildman–Crippen MR) is 69.2 cm³/mol. The number of anilines is 1. The molecular formula is C12H12ClFN2O4. The molecule has 108 valence electrons. The largest absolute Gasteiger partial charge is 0.480 e. The second-order valence-electron chi connectivity index (χ2n) is 4.45. The first-order valence-electron chi connectivity index (χ1n) is 5.82. The van der Waals surface area contributed by atoms with Crippen LogP contribution in [0.15, 0.2) is 18.2 Å². The Kier molecular flexibility index (Phi) is 4.10. The molecular weight excluding hydrogens is 291 g/mol. The molecule has 2 amide bonds. The van der Waals surface area contributed by atoms with Crippen molar-refractivity contribution in [3.8, 4) is 0 Å². The molecule has 1 saturated heterocycles. The minimum Gasteiger partial charge on any atom is -0.480 e. The number of likely N-dealkylation sites (tertiary alicyclic amines) is 1. The number of rotatable bonds is 2. The van der Waals surface area contributed by atoms with E-state index in [1.165, 1.54) is 12.1 Å². The summed E-state index contributed by atoms with van der Waals surface area (Å²) in [4.78, 5) is 24.0. The Balaban J connectivity index is 2.11.